The number of amides is 1. The van der Waals surface area contributed by atoms with Crippen LogP contribution < -0.4 is 10.0 Å². The number of carbonyl (C=O) groups is 1. The first kappa shape index (κ1) is 24.2. The van der Waals surface area contributed by atoms with E-state index < -0.39 is 10.0 Å². The van der Waals surface area contributed by atoms with Gasteiger partial charge in [-0.05, 0) is 56.4 Å². The predicted octanol–water partition coefficient (Wildman–Crippen LogP) is 4.94. The molecule has 36 heavy (non-hydrogen) atoms. The number of aromatic amines is 1. The Morgan fingerprint density at radius 1 is 0.944 bits per heavy atom. The molecule has 1 atom stereocenters. The molecule has 0 saturated heterocycles. The summed E-state index contributed by atoms with van der Waals surface area (Å²) in [5.41, 5.74) is 3.39. The number of nitrogens with zero attached hydrogens (tertiary/aromatic N) is 1. The molecule has 1 aliphatic carbocycles. The smallest absolute Gasteiger partial charge is 0.240 e. The number of fused-ring (bicyclic) bond motifs is 1. The van der Waals surface area contributed by atoms with E-state index in [1.54, 1.807) is 18.2 Å². The van der Waals surface area contributed by atoms with Gasteiger partial charge in [0.25, 0.3) is 0 Å². The Hall–Kier alpha value is -3.49. The van der Waals surface area contributed by atoms with E-state index in [-0.39, 0.29) is 28.8 Å². The number of hydrogen-bond donors (Lipinski definition) is 3. The van der Waals surface area contributed by atoms with Crippen molar-refractivity contribution < 1.29 is 13.2 Å². The Morgan fingerprint density at radius 3 is 2.31 bits per heavy atom. The van der Waals surface area contributed by atoms with Gasteiger partial charge in [-0.25, -0.2) is 18.1 Å². The maximum atomic E-state index is 13.1. The molecular weight excluding hydrogens is 472 g/mol. The topological polar surface area (TPSA) is 104 Å². The summed E-state index contributed by atoms with van der Waals surface area (Å²) in [5.74, 6) is 0.630. The van der Waals surface area contributed by atoms with Crippen molar-refractivity contribution >= 4 is 27.0 Å². The molecule has 5 rings (SSSR count). The molecule has 1 aliphatic rings. The number of aromatic nitrogens is 2. The van der Waals surface area contributed by atoms with Gasteiger partial charge in [0.15, 0.2) is 0 Å². The van der Waals surface area contributed by atoms with Crippen LogP contribution in [0, 0.1) is 5.92 Å². The van der Waals surface area contributed by atoms with Crippen LogP contribution in [0.4, 0.5) is 0 Å². The van der Waals surface area contributed by atoms with E-state index in [0.717, 1.165) is 16.6 Å². The fraction of sp³-hybridized carbons (Fsp3) is 0.286. The van der Waals surface area contributed by atoms with Gasteiger partial charge in [-0.15, -0.1) is 0 Å². The zero-order valence-electron chi connectivity index (χ0n) is 20.1. The van der Waals surface area contributed by atoms with E-state index in [0.29, 0.717) is 37.0 Å². The molecule has 1 heterocycles. The summed E-state index contributed by atoms with van der Waals surface area (Å²) in [4.78, 5) is 20.8. The fourth-order valence-electron chi connectivity index (χ4n) is 4.80. The lowest BCUT2D eigenvalue weighted by molar-refractivity contribution is -0.126. The number of benzene rings is 3. The highest BCUT2D eigenvalue weighted by atomic mass is 32.2. The summed E-state index contributed by atoms with van der Waals surface area (Å²) < 4.78 is 29.1. The van der Waals surface area contributed by atoms with Crippen molar-refractivity contribution in [1.29, 1.82) is 0 Å². The van der Waals surface area contributed by atoms with Crippen LogP contribution in [-0.4, -0.2) is 30.3 Å². The second-order valence-corrected chi connectivity index (χ2v) is 11.2. The van der Waals surface area contributed by atoms with Crippen LogP contribution in [0.5, 0.6) is 0 Å². The Bertz CT molecular complexity index is 1440. The highest BCUT2D eigenvalue weighted by Gasteiger charge is 2.30. The van der Waals surface area contributed by atoms with Crippen molar-refractivity contribution in [1.82, 2.24) is 20.0 Å². The number of rotatable bonds is 7. The van der Waals surface area contributed by atoms with Crippen LogP contribution in [0.3, 0.4) is 0 Å². The first-order valence-corrected chi connectivity index (χ1v) is 13.8. The second kappa shape index (κ2) is 10.2. The molecule has 0 spiro atoms. The van der Waals surface area contributed by atoms with Gasteiger partial charge < -0.3 is 10.3 Å². The van der Waals surface area contributed by atoms with Crippen LogP contribution in [0.2, 0.25) is 0 Å². The van der Waals surface area contributed by atoms with Gasteiger partial charge in [0, 0.05) is 17.5 Å². The number of sulfonamides is 1. The van der Waals surface area contributed by atoms with Gasteiger partial charge in [0.05, 0.1) is 22.0 Å². The van der Waals surface area contributed by atoms with Gasteiger partial charge in [0.2, 0.25) is 15.9 Å². The highest BCUT2D eigenvalue weighted by molar-refractivity contribution is 7.89. The molecule has 4 aromatic rings. The minimum atomic E-state index is -3.70. The molecule has 1 fully saturated rings. The van der Waals surface area contributed by atoms with Gasteiger partial charge in [-0.2, -0.15) is 0 Å². The zero-order valence-corrected chi connectivity index (χ0v) is 21.0. The maximum absolute atomic E-state index is 13.1. The van der Waals surface area contributed by atoms with Gasteiger partial charge in [-0.3, -0.25) is 4.79 Å². The normalized spacial score (nSPS) is 19.1. The van der Waals surface area contributed by atoms with Crippen LogP contribution in [0.15, 0.2) is 83.8 Å². The summed E-state index contributed by atoms with van der Waals surface area (Å²) in [7, 11) is -3.70. The summed E-state index contributed by atoms with van der Waals surface area (Å²) in [6.45, 7) is 1.98. The quantitative estimate of drug-likeness (QED) is 0.333. The fourth-order valence-corrected chi connectivity index (χ4v) is 6.13. The molecule has 1 amide bonds. The summed E-state index contributed by atoms with van der Waals surface area (Å²) >= 11 is 0. The average molecular weight is 503 g/mol. The molecule has 0 bridgehead atoms. The molecular formula is C28H30N4O3S. The number of carbonyl (C=O) groups excluding carboxylic acids is 1. The van der Waals surface area contributed by atoms with E-state index in [9.17, 15) is 13.2 Å². The summed E-state index contributed by atoms with van der Waals surface area (Å²) in [6.07, 6.45) is 2.55. The van der Waals surface area contributed by atoms with Crippen LogP contribution in [-0.2, 0) is 14.8 Å². The molecule has 0 aliphatic heterocycles. The molecule has 3 aromatic carbocycles. The Balaban J connectivity index is 1.20. The Kier molecular flexibility index (Phi) is 6.89. The number of H-pyrrole nitrogens is 1. The van der Waals surface area contributed by atoms with Gasteiger partial charge in [0.1, 0.15) is 5.82 Å². The number of hydrogen-bond acceptors (Lipinski definition) is 4. The van der Waals surface area contributed by atoms with Crippen LogP contribution >= 0.6 is 0 Å². The third-order valence-electron chi connectivity index (χ3n) is 6.89. The predicted molar refractivity (Wildman–Crippen MR) is 141 cm³/mol. The molecule has 1 saturated carbocycles. The first-order chi connectivity index (χ1) is 17.4. The maximum Gasteiger partial charge on any atom is 0.240 e. The van der Waals surface area contributed by atoms with Gasteiger partial charge >= 0.3 is 0 Å². The van der Waals surface area contributed by atoms with E-state index in [2.05, 4.69) is 20.0 Å². The molecule has 0 unspecified atom stereocenters. The van der Waals surface area contributed by atoms with Crippen LogP contribution in [0.25, 0.3) is 22.4 Å². The minimum absolute atomic E-state index is 0.0332. The lowest BCUT2D eigenvalue weighted by atomic mass is 9.85. The molecule has 0 radical (unpaired) electrons. The molecule has 1 aromatic heterocycles. The Labute approximate surface area is 211 Å². The monoisotopic (exact) mass is 502 g/mol. The van der Waals surface area contributed by atoms with Crippen molar-refractivity contribution in [3.63, 3.8) is 0 Å². The van der Waals surface area contributed by atoms with E-state index >= 15 is 0 Å². The Morgan fingerprint density at radius 2 is 1.61 bits per heavy atom. The van der Waals surface area contributed by atoms with Crippen molar-refractivity contribution in [2.75, 3.05) is 0 Å². The summed E-state index contributed by atoms with van der Waals surface area (Å²) in [6, 6.07) is 24.3. The largest absolute Gasteiger partial charge is 0.349 e. The van der Waals surface area contributed by atoms with Crippen molar-refractivity contribution in [2.24, 2.45) is 5.92 Å². The van der Waals surface area contributed by atoms with Gasteiger partial charge in [-0.1, -0.05) is 60.7 Å². The lowest BCUT2D eigenvalue weighted by Crippen LogP contribution is -2.41. The van der Waals surface area contributed by atoms with E-state index in [1.807, 2.05) is 67.6 Å². The third-order valence-corrected chi connectivity index (χ3v) is 8.41. The van der Waals surface area contributed by atoms with E-state index in [4.69, 9.17) is 0 Å². The average Bonchev–Trinajstić information content (AvgIpc) is 3.33. The van der Waals surface area contributed by atoms with Crippen molar-refractivity contribution in [3.8, 4) is 11.4 Å². The molecule has 7 nitrogen and oxygen atoms in total. The van der Waals surface area contributed by atoms with Crippen molar-refractivity contribution in [2.45, 2.75) is 49.6 Å². The highest BCUT2D eigenvalue weighted by Crippen LogP contribution is 2.28. The molecule has 3 N–H and O–H groups in total. The number of imidazole rings is 1. The standard InChI is InChI=1S/C28H30N4O3S/c1-19(20-8-4-2-5-9-20)29-28(33)22-12-14-23(15-13-22)32-36(34,35)24-16-17-25-26(18-24)31-27(30-25)21-10-6-3-7-11-21/h2-11,16-19,22-23,32H,12-15H2,1H3,(H,29,33)(H,30,31)/t19-,22?,23?/m0/s1. The molecule has 8 heteroatoms. The molecule has 186 valence electrons. The third kappa shape index (κ3) is 5.34. The summed E-state index contributed by atoms with van der Waals surface area (Å²) in [5, 5.41) is 3.10. The second-order valence-electron chi connectivity index (χ2n) is 9.44. The SMILES string of the molecule is C[C@H](NC(=O)C1CCC(NS(=O)(=O)c2ccc3[nH]c(-c4ccccc4)nc3c2)CC1)c1ccccc1. The zero-order chi connectivity index (χ0) is 25.1. The van der Waals surface area contributed by atoms with E-state index in [1.165, 1.54) is 0 Å². The van der Waals surface area contributed by atoms with Crippen LogP contribution in [0.1, 0.15) is 44.2 Å². The lowest BCUT2D eigenvalue weighted by Gasteiger charge is -2.29. The number of nitrogens with one attached hydrogen (secondary N) is 3. The van der Waals surface area contributed by atoms with Crippen molar-refractivity contribution in [3.05, 3.63) is 84.4 Å². The minimum Gasteiger partial charge on any atom is -0.349 e. The first-order valence-electron chi connectivity index (χ1n) is 12.3.